The van der Waals surface area contributed by atoms with Gasteiger partial charge in [-0.3, -0.25) is 14.4 Å². The number of carboxylic acids is 2. The lowest BCUT2D eigenvalue weighted by molar-refractivity contribution is -0.146. The summed E-state index contributed by atoms with van der Waals surface area (Å²) in [6.45, 7) is 7.40. The number of nitrogens with two attached hydrogens (primary N) is 1. The summed E-state index contributed by atoms with van der Waals surface area (Å²) in [6, 6.07) is -3.27. The molecule has 0 aromatic heterocycles. The third kappa shape index (κ3) is 8.28. The molecule has 0 saturated carbocycles. The molecule has 9 nitrogen and oxygen atoms in total. The molecule has 0 spiro atoms. The first-order chi connectivity index (χ1) is 11.9. The van der Waals surface area contributed by atoms with Gasteiger partial charge in [0, 0.05) is 7.05 Å². The lowest BCUT2D eigenvalue weighted by Crippen LogP contribution is -2.55. The van der Waals surface area contributed by atoms with E-state index in [0.717, 1.165) is 4.90 Å². The molecule has 0 aromatic carbocycles. The van der Waals surface area contributed by atoms with E-state index in [1.165, 1.54) is 7.05 Å². The fraction of sp³-hybridized carbons (Fsp3) is 0.765. The average molecular weight is 373 g/mol. The first-order valence-electron chi connectivity index (χ1n) is 8.63. The molecule has 0 heterocycles. The third-order valence-electron chi connectivity index (χ3n) is 3.85. The molecule has 0 aliphatic carbocycles. The number of likely N-dealkylation sites (N-methyl/N-ethyl adjacent to an activating group) is 1. The van der Waals surface area contributed by atoms with Crippen LogP contribution in [0.5, 0.6) is 0 Å². The van der Waals surface area contributed by atoms with Crippen molar-refractivity contribution in [3.8, 4) is 0 Å². The normalized spacial score (nSPS) is 14.6. The fourth-order valence-electron chi connectivity index (χ4n) is 2.54. The first-order valence-corrected chi connectivity index (χ1v) is 8.63. The van der Waals surface area contributed by atoms with Crippen LogP contribution >= 0.6 is 0 Å². The summed E-state index contributed by atoms with van der Waals surface area (Å²) < 4.78 is 0. The monoisotopic (exact) mass is 373 g/mol. The largest absolute Gasteiger partial charge is 0.481 e. The van der Waals surface area contributed by atoms with Crippen molar-refractivity contribution in [3.05, 3.63) is 0 Å². The molecule has 0 saturated heterocycles. The minimum Gasteiger partial charge on any atom is -0.481 e. The number of carboxylic acid groups (broad SMARTS) is 2. The quantitative estimate of drug-likeness (QED) is 0.406. The van der Waals surface area contributed by atoms with Gasteiger partial charge in [-0.15, -0.1) is 0 Å². The second-order valence-corrected chi connectivity index (χ2v) is 7.33. The maximum atomic E-state index is 12.6. The van der Waals surface area contributed by atoms with Gasteiger partial charge in [0.1, 0.15) is 12.1 Å². The summed E-state index contributed by atoms with van der Waals surface area (Å²) in [6.07, 6.45) is -0.00215. The van der Waals surface area contributed by atoms with Gasteiger partial charge in [0.25, 0.3) is 0 Å². The van der Waals surface area contributed by atoms with Gasteiger partial charge in [-0.25, -0.2) is 4.79 Å². The van der Waals surface area contributed by atoms with Crippen molar-refractivity contribution in [3.63, 3.8) is 0 Å². The van der Waals surface area contributed by atoms with Crippen LogP contribution in [0.1, 0.15) is 47.0 Å². The van der Waals surface area contributed by atoms with Crippen molar-refractivity contribution >= 4 is 23.8 Å². The molecule has 0 aliphatic rings. The topological polar surface area (TPSA) is 150 Å². The molecule has 0 aliphatic heterocycles. The number of hydrogen-bond donors (Lipinski definition) is 4. The van der Waals surface area contributed by atoms with Crippen LogP contribution in [0.15, 0.2) is 0 Å². The van der Waals surface area contributed by atoms with Gasteiger partial charge in [-0.1, -0.05) is 27.7 Å². The number of nitrogens with zero attached hydrogens (tertiary/aromatic N) is 1. The van der Waals surface area contributed by atoms with Gasteiger partial charge in [-0.05, 0) is 24.7 Å². The van der Waals surface area contributed by atoms with Gasteiger partial charge in [0.05, 0.1) is 12.5 Å². The number of nitrogens with one attached hydrogen (secondary N) is 1. The standard InChI is InChI=1S/C17H31N3O6/c1-9(2)6-12(17(25)26)19-15(23)13(7-10(3)4)20(5)16(24)11(18)8-14(21)22/h9-13H,6-8,18H2,1-5H3,(H,19,23)(H,21,22)(H,25,26)/t11-,12-,13-/m0/s1. The highest BCUT2D eigenvalue weighted by molar-refractivity contribution is 5.92. The van der Waals surface area contributed by atoms with Crippen molar-refractivity contribution in [2.45, 2.75) is 65.1 Å². The summed E-state index contributed by atoms with van der Waals surface area (Å²) in [5, 5.41) is 20.5. The number of amides is 2. The lowest BCUT2D eigenvalue weighted by Gasteiger charge is -2.31. The molecule has 0 unspecified atom stereocenters. The number of hydrogen-bond acceptors (Lipinski definition) is 5. The van der Waals surface area contributed by atoms with Crippen LogP contribution in [0.3, 0.4) is 0 Å². The molecule has 0 bridgehead atoms. The second kappa shape index (κ2) is 10.7. The van der Waals surface area contributed by atoms with Gasteiger partial charge in [0.2, 0.25) is 11.8 Å². The van der Waals surface area contributed by atoms with Crippen LogP contribution in [-0.2, 0) is 19.2 Å². The Bertz CT molecular complexity index is 521. The van der Waals surface area contributed by atoms with E-state index in [4.69, 9.17) is 10.8 Å². The van der Waals surface area contributed by atoms with Crippen LogP contribution in [0.25, 0.3) is 0 Å². The maximum Gasteiger partial charge on any atom is 0.326 e. The van der Waals surface area contributed by atoms with Crippen LogP contribution < -0.4 is 11.1 Å². The zero-order valence-electron chi connectivity index (χ0n) is 16.1. The van der Waals surface area contributed by atoms with E-state index in [1.807, 2.05) is 27.7 Å². The van der Waals surface area contributed by atoms with Crippen LogP contribution in [0.4, 0.5) is 0 Å². The molecule has 9 heteroatoms. The van der Waals surface area contributed by atoms with Crippen molar-refractivity contribution in [2.24, 2.45) is 17.6 Å². The van der Waals surface area contributed by atoms with E-state index >= 15 is 0 Å². The average Bonchev–Trinajstić information content (AvgIpc) is 2.48. The van der Waals surface area contributed by atoms with Crippen molar-refractivity contribution in [1.29, 1.82) is 0 Å². The first kappa shape index (κ1) is 23.8. The molecule has 3 atom stereocenters. The van der Waals surface area contributed by atoms with Crippen LogP contribution in [-0.4, -0.2) is 64.0 Å². The van der Waals surface area contributed by atoms with Gasteiger partial charge < -0.3 is 26.2 Å². The van der Waals surface area contributed by atoms with E-state index in [9.17, 15) is 24.3 Å². The van der Waals surface area contributed by atoms with Crippen LogP contribution in [0, 0.1) is 11.8 Å². The zero-order valence-corrected chi connectivity index (χ0v) is 16.1. The van der Waals surface area contributed by atoms with E-state index in [-0.39, 0.29) is 18.3 Å². The third-order valence-corrected chi connectivity index (χ3v) is 3.85. The summed E-state index contributed by atoms with van der Waals surface area (Å²) in [5.41, 5.74) is 5.61. The van der Waals surface area contributed by atoms with Gasteiger partial charge >= 0.3 is 11.9 Å². The molecule has 150 valence electrons. The minimum atomic E-state index is -1.27. The van der Waals surface area contributed by atoms with Crippen LogP contribution in [0.2, 0.25) is 0 Å². The van der Waals surface area contributed by atoms with Crippen molar-refractivity contribution < 1.29 is 29.4 Å². The zero-order chi connectivity index (χ0) is 20.6. The Morgan fingerprint density at radius 3 is 1.88 bits per heavy atom. The number of rotatable bonds is 11. The Labute approximate surface area is 153 Å². The van der Waals surface area contributed by atoms with Gasteiger partial charge in [0.15, 0.2) is 0 Å². The number of carbonyl (C=O) groups is 4. The van der Waals surface area contributed by atoms with E-state index < -0.39 is 48.3 Å². The number of carbonyl (C=O) groups excluding carboxylic acids is 2. The summed E-state index contributed by atoms with van der Waals surface area (Å²) >= 11 is 0. The highest BCUT2D eigenvalue weighted by atomic mass is 16.4. The van der Waals surface area contributed by atoms with Crippen molar-refractivity contribution in [1.82, 2.24) is 10.2 Å². The lowest BCUT2D eigenvalue weighted by atomic mass is 9.99. The molecular formula is C17H31N3O6. The molecular weight excluding hydrogens is 342 g/mol. The highest BCUT2D eigenvalue weighted by Crippen LogP contribution is 2.14. The molecule has 0 radical (unpaired) electrons. The molecule has 26 heavy (non-hydrogen) atoms. The van der Waals surface area contributed by atoms with Gasteiger partial charge in [-0.2, -0.15) is 0 Å². The molecule has 0 rings (SSSR count). The van der Waals surface area contributed by atoms with E-state index in [2.05, 4.69) is 5.32 Å². The Balaban J connectivity index is 5.32. The van der Waals surface area contributed by atoms with Crippen molar-refractivity contribution in [2.75, 3.05) is 7.05 Å². The summed E-state index contributed by atoms with van der Waals surface area (Å²) in [5.74, 6) is -3.53. The summed E-state index contributed by atoms with van der Waals surface area (Å²) in [4.78, 5) is 48.2. The Morgan fingerprint density at radius 2 is 1.50 bits per heavy atom. The predicted molar refractivity (Wildman–Crippen MR) is 95.3 cm³/mol. The molecule has 0 fully saturated rings. The minimum absolute atomic E-state index is 0.0464. The fourth-order valence-corrected chi connectivity index (χ4v) is 2.54. The summed E-state index contributed by atoms with van der Waals surface area (Å²) in [7, 11) is 1.37. The highest BCUT2D eigenvalue weighted by Gasteiger charge is 2.33. The van der Waals surface area contributed by atoms with E-state index in [1.54, 1.807) is 0 Å². The SMILES string of the molecule is CC(C)C[C@H](NC(=O)[C@H](CC(C)C)N(C)C(=O)[C@@H](N)CC(=O)O)C(=O)O. The maximum absolute atomic E-state index is 12.6. The molecule has 0 aromatic rings. The molecule has 2 amide bonds. The molecule has 5 N–H and O–H groups in total. The Kier molecular flexibility index (Phi) is 9.85. The Hall–Kier alpha value is -2.16. The smallest absolute Gasteiger partial charge is 0.326 e. The predicted octanol–water partition coefficient (Wildman–Crippen LogP) is 0.277. The number of aliphatic carboxylic acids is 2. The second-order valence-electron chi connectivity index (χ2n) is 7.33. The van der Waals surface area contributed by atoms with E-state index in [0.29, 0.717) is 6.42 Å². The Morgan fingerprint density at radius 1 is 1.00 bits per heavy atom.